The van der Waals surface area contributed by atoms with E-state index in [9.17, 15) is 23.9 Å². The summed E-state index contributed by atoms with van der Waals surface area (Å²) in [4.78, 5) is 39.8. The zero-order chi connectivity index (χ0) is 25.7. The first-order valence-electron chi connectivity index (χ1n) is 12.0. The number of nitrogens with zero attached hydrogens (tertiary/aromatic N) is 2. The fourth-order valence-corrected chi connectivity index (χ4v) is 4.67. The van der Waals surface area contributed by atoms with Crippen LogP contribution in [0.4, 0.5) is 10.1 Å². The molecule has 4 rings (SSSR count). The highest BCUT2D eigenvalue weighted by Gasteiger charge is 2.47. The van der Waals surface area contributed by atoms with Crippen LogP contribution in [-0.4, -0.2) is 72.1 Å². The second-order valence-corrected chi connectivity index (χ2v) is 8.99. The fraction of sp³-hybridized carbons (Fsp3) is 0.423. The van der Waals surface area contributed by atoms with Crippen LogP contribution < -0.4 is 10.6 Å². The predicted molar refractivity (Wildman–Crippen MR) is 130 cm³/mol. The summed E-state index contributed by atoms with van der Waals surface area (Å²) in [6.45, 7) is 3.84. The second kappa shape index (κ2) is 11.2. The zero-order valence-electron chi connectivity index (χ0n) is 20.3. The minimum absolute atomic E-state index is 0.0267. The van der Waals surface area contributed by atoms with Crippen molar-refractivity contribution in [3.8, 4) is 0 Å². The molecule has 0 saturated carbocycles. The molecule has 0 spiro atoms. The number of ether oxygens (including phenoxy) is 1. The number of morpholine rings is 1. The van der Waals surface area contributed by atoms with Crippen LogP contribution in [0.5, 0.6) is 0 Å². The lowest BCUT2D eigenvalue weighted by Gasteiger charge is -2.35. The third-order valence-electron chi connectivity index (χ3n) is 6.71. The molecule has 2 amide bonds. The number of fused-ring (bicyclic) bond motifs is 1. The quantitative estimate of drug-likeness (QED) is 0.427. The molecule has 1 fully saturated rings. The Kier molecular flexibility index (Phi) is 7.97. The van der Waals surface area contributed by atoms with Gasteiger partial charge in [-0.2, -0.15) is 0 Å². The minimum atomic E-state index is -2.16. The van der Waals surface area contributed by atoms with Crippen LogP contribution in [0.2, 0.25) is 0 Å². The van der Waals surface area contributed by atoms with Crippen molar-refractivity contribution in [3.05, 3.63) is 64.5 Å². The number of rotatable bonds is 10. The van der Waals surface area contributed by atoms with Crippen LogP contribution in [0.25, 0.3) is 0 Å². The van der Waals surface area contributed by atoms with Crippen molar-refractivity contribution >= 4 is 23.8 Å². The van der Waals surface area contributed by atoms with Gasteiger partial charge in [-0.05, 0) is 23.8 Å². The SMILES string of the molecule is CNC(=O)C(O)(CCC=O)N1Cc2c(NCc3ccc(CN4CCOCC4)cc3F)cccc2C1=O. The maximum absolute atomic E-state index is 14.9. The Morgan fingerprint density at radius 2 is 2.03 bits per heavy atom. The summed E-state index contributed by atoms with van der Waals surface area (Å²) in [5.74, 6) is -1.59. The van der Waals surface area contributed by atoms with Gasteiger partial charge in [0.05, 0.1) is 19.8 Å². The molecule has 0 bridgehead atoms. The van der Waals surface area contributed by atoms with E-state index in [0.29, 0.717) is 48.4 Å². The van der Waals surface area contributed by atoms with Crippen molar-refractivity contribution in [2.75, 3.05) is 38.7 Å². The molecular formula is C26H31FN4O5. The highest BCUT2D eigenvalue weighted by Crippen LogP contribution is 2.35. The van der Waals surface area contributed by atoms with Gasteiger partial charge in [-0.3, -0.25) is 19.4 Å². The van der Waals surface area contributed by atoms with Gasteiger partial charge in [0.25, 0.3) is 11.8 Å². The molecule has 2 aliphatic heterocycles. The molecular weight excluding hydrogens is 467 g/mol. The number of carbonyl (C=O) groups is 3. The summed E-state index contributed by atoms with van der Waals surface area (Å²) >= 11 is 0. The molecule has 2 aromatic rings. The zero-order valence-corrected chi connectivity index (χ0v) is 20.3. The molecule has 1 atom stereocenters. The van der Waals surface area contributed by atoms with Crippen LogP contribution in [0.1, 0.15) is 39.9 Å². The number of hydrogen-bond donors (Lipinski definition) is 3. The molecule has 2 aliphatic rings. The first-order valence-corrected chi connectivity index (χ1v) is 12.0. The van der Waals surface area contributed by atoms with E-state index < -0.39 is 17.5 Å². The van der Waals surface area contributed by atoms with Gasteiger partial charge in [-0.15, -0.1) is 0 Å². The molecule has 3 N–H and O–H groups in total. The van der Waals surface area contributed by atoms with Crippen molar-refractivity contribution < 1.29 is 28.6 Å². The number of halogens is 1. The Balaban J connectivity index is 1.48. The molecule has 192 valence electrons. The van der Waals surface area contributed by atoms with Gasteiger partial charge in [0.2, 0.25) is 5.72 Å². The van der Waals surface area contributed by atoms with Crippen LogP contribution in [-0.2, 0) is 34.0 Å². The highest BCUT2D eigenvalue weighted by atomic mass is 19.1. The third kappa shape index (κ3) is 5.25. The molecule has 2 aromatic carbocycles. The Morgan fingerprint density at radius 1 is 1.25 bits per heavy atom. The Bertz CT molecular complexity index is 1140. The lowest BCUT2D eigenvalue weighted by atomic mass is 10.0. The highest BCUT2D eigenvalue weighted by molar-refractivity contribution is 6.03. The standard InChI is InChI=1S/C26H31FN4O5/c1-28-25(34)26(35,8-3-11-32)31-17-21-20(24(31)33)4-2-5-23(21)29-15-19-7-6-18(14-22(19)27)16-30-9-12-36-13-10-30/h2,4-7,11,14,29,35H,3,8-10,12-13,15-17H2,1H3,(H,28,34). The summed E-state index contributed by atoms with van der Waals surface area (Å²) in [5, 5.41) is 16.7. The molecule has 0 radical (unpaired) electrons. The number of anilines is 1. The lowest BCUT2D eigenvalue weighted by Crippen LogP contribution is -2.58. The van der Waals surface area contributed by atoms with Gasteiger partial charge in [0, 0.05) is 68.4 Å². The summed E-state index contributed by atoms with van der Waals surface area (Å²) < 4.78 is 20.2. The van der Waals surface area contributed by atoms with Crippen molar-refractivity contribution in [1.29, 1.82) is 0 Å². The maximum Gasteiger partial charge on any atom is 0.273 e. The van der Waals surface area contributed by atoms with Crippen molar-refractivity contribution in [2.24, 2.45) is 0 Å². The Labute approximate surface area is 209 Å². The summed E-state index contributed by atoms with van der Waals surface area (Å²) in [7, 11) is 1.36. The van der Waals surface area contributed by atoms with Gasteiger partial charge >= 0.3 is 0 Å². The molecule has 36 heavy (non-hydrogen) atoms. The number of amides is 2. The van der Waals surface area contributed by atoms with Crippen LogP contribution in [0, 0.1) is 5.82 Å². The third-order valence-corrected chi connectivity index (χ3v) is 6.71. The Morgan fingerprint density at radius 3 is 2.72 bits per heavy atom. The van der Waals surface area contributed by atoms with Crippen LogP contribution in [0.3, 0.4) is 0 Å². The van der Waals surface area contributed by atoms with Gasteiger partial charge in [-0.1, -0.05) is 18.2 Å². The first-order chi connectivity index (χ1) is 17.4. The number of aldehydes is 1. The van der Waals surface area contributed by atoms with Crippen molar-refractivity contribution in [1.82, 2.24) is 15.1 Å². The minimum Gasteiger partial charge on any atom is -0.381 e. The average Bonchev–Trinajstić information content (AvgIpc) is 3.24. The Hall–Kier alpha value is -3.34. The summed E-state index contributed by atoms with van der Waals surface area (Å²) in [6.07, 6.45) is 0.284. The second-order valence-electron chi connectivity index (χ2n) is 8.99. The monoisotopic (exact) mass is 498 g/mol. The molecule has 2 heterocycles. The van der Waals surface area contributed by atoms with Gasteiger partial charge < -0.3 is 25.3 Å². The van der Waals surface area contributed by atoms with E-state index in [4.69, 9.17) is 4.74 Å². The fourth-order valence-electron chi connectivity index (χ4n) is 4.67. The summed E-state index contributed by atoms with van der Waals surface area (Å²) in [6, 6.07) is 10.3. The number of likely N-dealkylation sites (N-methyl/N-ethyl adjacent to an activating group) is 1. The van der Waals surface area contributed by atoms with Gasteiger partial charge in [-0.25, -0.2) is 4.39 Å². The van der Waals surface area contributed by atoms with Gasteiger partial charge in [0.1, 0.15) is 12.1 Å². The normalized spacial score (nSPS) is 17.4. The van der Waals surface area contributed by atoms with Crippen LogP contribution >= 0.6 is 0 Å². The number of aliphatic hydroxyl groups is 1. The maximum atomic E-state index is 14.9. The van der Waals surface area contributed by atoms with E-state index in [0.717, 1.165) is 23.6 Å². The van der Waals surface area contributed by atoms with Crippen molar-refractivity contribution in [2.45, 2.75) is 38.2 Å². The van der Waals surface area contributed by atoms with Crippen molar-refractivity contribution in [3.63, 3.8) is 0 Å². The van der Waals surface area contributed by atoms with E-state index in [2.05, 4.69) is 15.5 Å². The first kappa shape index (κ1) is 25.7. The largest absolute Gasteiger partial charge is 0.381 e. The smallest absolute Gasteiger partial charge is 0.273 e. The molecule has 10 heteroatoms. The molecule has 0 aromatic heterocycles. The topological polar surface area (TPSA) is 111 Å². The predicted octanol–water partition coefficient (Wildman–Crippen LogP) is 1.64. The number of carbonyl (C=O) groups excluding carboxylic acids is 3. The van der Waals surface area contributed by atoms with E-state index in [1.807, 2.05) is 6.07 Å². The number of nitrogens with one attached hydrogen (secondary N) is 2. The lowest BCUT2D eigenvalue weighted by molar-refractivity contribution is -0.159. The molecule has 0 aliphatic carbocycles. The van der Waals surface area contributed by atoms with E-state index >= 15 is 0 Å². The average molecular weight is 499 g/mol. The van der Waals surface area contributed by atoms with Crippen LogP contribution in [0.15, 0.2) is 36.4 Å². The number of hydrogen-bond acceptors (Lipinski definition) is 7. The van der Waals surface area contributed by atoms with E-state index in [1.165, 1.54) is 7.05 Å². The molecule has 9 nitrogen and oxygen atoms in total. The van der Waals surface area contributed by atoms with E-state index in [1.54, 1.807) is 30.3 Å². The van der Waals surface area contributed by atoms with Gasteiger partial charge in [0.15, 0.2) is 0 Å². The summed E-state index contributed by atoms with van der Waals surface area (Å²) in [5.41, 5.74) is 0.756. The molecule has 1 unspecified atom stereocenters. The number of benzene rings is 2. The molecule has 1 saturated heterocycles. The van der Waals surface area contributed by atoms with E-state index in [-0.39, 0.29) is 31.7 Å².